The van der Waals surface area contributed by atoms with Crippen LogP contribution in [0.1, 0.15) is 10.4 Å². The number of benzene rings is 2. The van der Waals surface area contributed by atoms with Crippen LogP contribution < -0.4 is 5.32 Å². The average Bonchev–Trinajstić information content (AvgIpc) is 3.05. The van der Waals surface area contributed by atoms with E-state index in [0.717, 1.165) is 48.5 Å². The van der Waals surface area contributed by atoms with E-state index in [-0.39, 0.29) is 5.91 Å². The van der Waals surface area contributed by atoms with Crippen molar-refractivity contribution in [3.63, 3.8) is 0 Å². The van der Waals surface area contributed by atoms with E-state index in [0.29, 0.717) is 5.95 Å². The number of piperazine rings is 1. The normalized spacial score (nSPS) is 15.5. The van der Waals surface area contributed by atoms with E-state index in [1.165, 1.54) is 0 Å². The van der Waals surface area contributed by atoms with Crippen molar-refractivity contribution in [2.24, 2.45) is 0 Å². The molecule has 0 spiro atoms. The molecule has 2 heterocycles. The molecule has 1 aliphatic heterocycles. The number of carbonyl (C=O) groups excluding carboxylic acids is 1. The Balaban J connectivity index is 1.45. The molecule has 0 radical (unpaired) electrons. The zero-order valence-corrected chi connectivity index (χ0v) is 14.2. The molecule has 6 nitrogen and oxygen atoms in total. The number of H-pyrrole nitrogens is 1. The van der Waals surface area contributed by atoms with E-state index in [2.05, 4.69) is 27.2 Å². The van der Waals surface area contributed by atoms with Gasteiger partial charge in [0.25, 0.3) is 5.91 Å². The van der Waals surface area contributed by atoms with Gasteiger partial charge >= 0.3 is 0 Å². The summed E-state index contributed by atoms with van der Waals surface area (Å²) in [5.74, 6) is 0.794. The lowest BCUT2D eigenvalue weighted by molar-refractivity contribution is 0.0664. The van der Waals surface area contributed by atoms with E-state index in [1.54, 1.807) is 0 Å². The summed E-state index contributed by atoms with van der Waals surface area (Å²) < 4.78 is 0. The van der Waals surface area contributed by atoms with E-state index in [1.807, 2.05) is 53.4 Å². The number of aromatic amines is 1. The molecule has 2 N–H and O–H groups in total. The van der Waals surface area contributed by atoms with Crippen molar-refractivity contribution in [1.29, 1.82) is 0 Å². The van der Waals surface area contributed by atoms with Crippen molar-refractivity contribution in [1.82, 2.24) is 19.8 Å². The first-order valence-corrected chi connectivity index (χ1v) is 8.49. The Kier molecular flexibility index (Phi) is 4.11. The van der Waals surface area contributed by atoms with Crippen molar-refractivity contribution in [2.45, 2.75) is 0 Å². The largest absolute Gasteiger partial charge is 0.336 e. The SMILES string of the molecule is CN1CCN(C(=O)c2ccc(Nc3nc4ccccc4[nH]3)cc2)CC1. The second kappa shape index (κ2) is 6.57. The van der Waals surface area contributed by atoms with Gasteiger partial charge in [-0.1, -0.05) is 12.1 Å². The number of amides is 1. The molecule has 25 heavy (non-hydrogen) atoms. The van der Waals surface area contributed by atoms with Crippen molar-refractivity contribution in [3.05, 3.63) is 54.1 Å². The molecular weight excluding hydrogens is 314 g/mol. The molecule has 128 valence electrons. The summed E-state index contributed by atoms with van der Waals surface area (Å²) in [6.45, 7) is 3.43. The second-order valence-corrected chi connectivity index (χ2v) is 6.40. The Morgan fingerprint density at radius 2 is 1.76 bits per heavy atom. The number of anilines is 2. The lowest BCUT2D eigenvalue weighted by Crippen LogP contribution is -2.47. The number of nitrogens with zero attached hydrogens (tertiary/aromatic N) is 3. The van der Waals surface area contributed by atoms with Gasteiger partial charge in [-0.25, -0.2) is 4.98 Å². The minimum Gasteiger partial charge on any atom is -0.336 e. The van der Waals surface area contributed by atoms with E-state index < -0.39 is 0 Å². The maximum Gasteiger partial charge on any atom is 0.253 e. The van der Waals surface area contributed by atoms with Gasteiger partial charge in [0.1, 0.15) is 0 Å². The van der Waals surface area contributed by atoms with Crippen LogP contribution in [0.15, 0.2) is 48.5 Å². The quantitative estimate of drug-likeness (QED) is 0.772. The fourth-order valence-corrected chi connectivity index (χ4v) is 3.04. The number of hydrogen-bond donors (Lipinski definition) is 2. The smallest absolute Gasteiger partial charge is 0.253 e. The van der Waals surface area contributed by atoms with Crippen LogP contribution in [-0.4, -0.2) is 58.9 Å². The van der Waals surface area contributed by atoms with Gasteiger partial charge in [-0.3, -0.25) is 4.79 Å². The van der Waals surface area contributed by atoms with Gasteiger partial charge in [-0.15, -0.1) is 0 Å². The highest BCUT2D eigenvalue weighted by molar-refractivity contribution is 5.94. The lowest BCUT2D eigenvalue weighted by atomic mass is 10.1. The first kappa shape index (κ1) is 15.7. The zero-order chi connectivity index (χ0) is 17.2. The molecule has 3 aromatic rings. The minimum absolute atomic E-state index is 0.100. The second-order valence-electron chi connectivity index (χ2n) is 6.40. The van der Waals surface area contributed by atoms with Crippen molar-refractivity contribution in [2.75, 3.05) is 38.5 Å². The highest BCUT2D eigenvalue weighted by atomic mass is 16.2. The first-order valence-electron chi connectivity index (χ1n) is 8.49. The third kappa shape index (κ3) is 3.34. The number of hydrogen-bond acceptors (Lipinski definition) is 4. The number of carbonyl (C=O) groups is 1. The third-order valence-electron chi connectivity index (χ3n) is 4.57. The number of nitrogens with one attached hydrogen (secondary N) is 2. The molecule has 1 amide bonds. The topological polar surface area (TPSA) is 64.3 Å². The van der Waals surface area contributed by atoms with Crippen molar-refractivity contribution in [3.8, 4) is 0 Å². The molecule has 4 rings (SSSR count). The number of fused-ring (bicyclic) bond motifs is 1. The summed E-state index contributed by atoms with van der Waals surface area (Å²) in [5, 5.41) is 3.25. The van der Waals surface area contributed by atoms with Gasteiger partial charge in [0.2, 0.25) is 5.95 Å². The number of para-hydroxylation sites is 2. The molecule has 1 aromatic heterocycles. The van der Waals surface area contributed by atoms with Gasteiger partial charge in [0.05, 0.1) is 11.0 Å². The lowest BCUT2D eigenvalue weighted by Gasteiger charge is -2.32. The Labute approximate surface area is 146 Å². The summed E-state index contributed by atoms with van der Waals surface area (Å²) in [5.41, 5.74) is 3.53. The molecule has 0 aliphatic carbocycles. The van der Waals surface area contributed by atoms with Crippen LogP contribution in [0, 0.1) is 0 Å². The Hall–Kier alpha value is -2.86. The number of likely N-dealkylation sites (N-methyl/N-ethyl adjacent to an activating group) is 1. The maximum atomic E-state index is 12.6. The molecule has 0 atom stereocenters. The number of imidazole rings is 1. The van der Waals surface area contributed by atoms with Crippen LogP contribution in [0.4, 0.5) is 11.6 Å². The highest BCUT2D eigenvalue weighted by Gasteiger charge is 2.20. The van der Waals surface area contributed by atoms with Crippen molar-refractivity contribution < 1.29 is 4.79 Å². The molecular formula is C19H21N5O. The van der Waals surface area contributed by atoms with Crippen LogP contribution >= 0.6 is 0 Å². The van der Waals surface area contributed by atoms with E-state index in [9.17, 15) is 4.79 Å². The van der Waals surface area contributed by atoms with Crippen LogP contribution in [0.5, 0.6) is 0 Å². The summed E-state index contributed by atoms with van der Waals surface area (Å²) in [6.07, 6.45) is 0. The molecule has 2 aromatic carbocycles. The van der Waals surface area contributed by atoms with Gasteiger partial charge in [0, 0.05) is 37.4 Å². The van der Waals surface area contributed by atoms with Crippen LogP contribution in [0.2, 0.25) is 0 Å². The maximum absolute atomic E-state index is 12.6. The van der Waals surface area contributed by atoms with Crippen LogP contribution in [-0.2, 0) is 0 Å². The van der Waals surface area contributed by atoms with Crippen molar-refractivity contribution >= 4 is 28.6 Å². The molecule has 6 heteroatoms. The van der Waals surface area contributed by atoms with E-state index >= 15 is 0 Å². The predicted octanol–water partition coefficient (Wildman–Crippen LogP) is 2.69. The average molecular weight is 335 g/mol. The zero-order valence-electron chi connectivity index (χ0n) is 14.2. The highest BCUT2D eigenvalue weighted by Crippen LogP contribution is 2.19. The van der Waals surface area contributed by atoms with Crippen LogP contribution in [0.3, 0.4) is 0 Å². The minimum atomic E-state index is 0.100. The number of rotatable bonds is 3. The monoisotopic (exact) mass is 335 g/mol. The van der Waals surface area contributed by atoms with Gasteiger partial charge in [-0.2, -0.15) is 0 Å². The van der Waals surface area contributed by atoms with Gasteiger partial charge in [0.15, 0.2) is 0 Å². The Morgan fingerprint density at radius 3 is 2.48 bits per heavy atom. The standard InChI is InChI=1S/C19H21N5O/c1-23-10-12-24(13-11-23)18(25)14-6-8-15(9-7-14)20-19-21-16-4-2-3-5-17(16)22-19/h2-9H,10-13H2,1H3,(H2,20,21,22). The third-order valence-corrected chi connectivity index (χ3v) is 4.57. The summed E-state index contributed by atoms with van der Waals surface area (Å²) >= 11 is 0. The summed E-state index contributed by atoms with van der Waals surface area (Å²) in [4.78, 5) is 24.5. The van der Waals surface area contributed by atoms with Crippen LogP contribution in [0.25, 0.3) is 11.0 Å². The Morgan fingerprint density at radius 1 is 1.04 bits per heavy atom. The molecule has 1 aliphatic rings. The van der Waals surface area contributed by atoms with E-state index in [4.69, 9.17) is 0 Å². The Bertz CT molecular complexity index is 845. The summed E-state index contributed by atoms with van der Waals surface area (Å²) in [7, 11) is 2.08. The molecule has 0 saturated carbocycles. The predicted molar refractivity (Wildman–Crippen MR) is 99.2 cm³/mol. The van der Waals surface area contributed by atoms with Gasteiger partial charge < -0.3 is 20.1 Å². The van der Waals surface area contributed by atoms with Gasteiger partial charge in [-0.05, 0) is 43.4 Å². The molecule has 0 bridgehead atoms. The first-order chi connectivity index (χ1) is 12.2. The fourth-order valence-electron chi connectivity index (χ4n) is 3.04. The number of aromatic nitrogens is 2. The fraction of sp³-hybridized carbons (Fsp3) is 0.263. The molecule has 0 unspecified atom stereocenters. The molecule has 1 saturated heterocycles. The molecule has 1 fully saturated rings. The summed E-state index contributed by atoms with van der Waals surface area (Å²) in [6, 6.07) is 15.5.